The summed E-state index contributed by atoms with van der Waals surface area (Å²) in [7, 11) is 0. The van der Waals surface area contributed by atoms with E-state index in [1.165, 1.54) is 24.3 Å². The number of carbonyl (C=O) groups excluding carboxylic acids is 1. The molecule has 0 unspecified atom stereocenters. The molecule has 0 aliphatic rings. The van der Waals surface area contributed by atoms with Crippen LogP contribution < -0.4 is 5.32 Å². The lowest BCUT2D eigenvalue weighted by Gasteiger charge is -2.12. The average Bonchev–Trinajstić information content (AvgIpc) is 3.12. The van der Waals surface area contributed by atoms with Crippen LogP contribution in [0.25, 0.3) is 11.1 Å². The van der Waals surface area contributed by atoms with E-state index in [2.05, 4.69) is 10.4 Å². The molecule has 1 N–H and O–H groups in total. The van der Waals surface area contributed by atoms with E-state index >= 15 is 0 Å². The van der Waals surface area contributed by atoms with E-state index in [4.69, 9.17) is 4.11 Å². The van der Waals surface area contributed by atoms with Gasteiger partial charge in [-0.1, -0.05) is 18.2 Å². The third kappa shape index (κ3) is 3.67. The first-order valence-corrected chi connectivity index (χ1v) is 7.42. The van der Waals surface area contributed by atoms with E-state index in [9.17, 15) is 26.7 Å². The maximum atomic E-state index is 13.6. The topological polar surface area (TPSA) is 46.9 Å². The van der Waals surface area contributed by atoms with Crippen molar-refractivity contribution < 1.29 is 30.9 Å². The van der Waals surface area contributed by atoms with E-state index < -0.39 is 48.0 Å². The van der Waals surface area contributed by atoms with Crippen molar-refractivity contribution in [3.05, 3.63) is 71.3 Å². The maximum Gasteiger partial charge on any atom is 0.282 e. The minimum Gasteiger partial charge on any atom is -0.321 e. The number of benzene rings is 2. The molecule has 0 saturated carbocycles. The molecule has 4 nitrogen and oxygen atoms in total. The molecule has 0 aliphatic heterocycles. The van der Waals surface area contributed by atoms with Crippen molar-refractivity contribution in [3.63, 3.8) is 0 Å². The Morgan fingerprint density at radius 2 is 1.85 bits per heavy atom. The first-order chi connectivity index (χ1) is 14.0. The second kappa shape index (κ2) is 7.18. The largest absolute Gasteiger partial charge is 0.321 e. The van der Waals surface area contributed by atoms with Gasteiger partial charge in [-0.2, -0.15) is 5.10 Å². The Balaban J connectivity index is 2.01. The maximum absolute atomic E-state index is 13.6. The summed E-state index contributed by atoms with van der Waals surface area (Å²) in [4.78, 5) is 12.6. The first kappa shape index (κ1) is 14.9. The number of halogens is 5. The van der Waals surface area contributed by atoms with E-state index in [-0.39, 0.29) is 21.5 Å². The Morgan fingerprint density at radius 1 is 1.19 bits per heavy atom. The van der Waals surface area contributed by atoms with Crippen LogP contribution in [0.5, 0.6) is 0 Å². The number of hydrogen-bond acceptors (Lipinski definition) is 2. The molecular weight excluding hydrogens is 369 g/mol. The molecular formula is C18H12F5N3O. The van der Waals surface area contributed by atoms with Gasteiger partial charge in [-0.25, -0.2) is 22.0 Å². The van der Waals surface area contributed by atoms with Gasteiger partial charge < -0.3 is 5.32 Å². The van der Waals surface area contributed by atoms with Crippen LogP contribution >= 0.6 is 0 Å². The number of hydrogen-bond donors (Lipinski definition) is 1. The normalized spacial score (nSPS) is 13.2. The fourth-order valence-corrected chi connectivity index (χ4v) is 2.47. The quantitative estimate of drug-likeness (QED) is 0.524. The van der Waals surface area contributed by atoms with Gasteiger partial charge in [-0.05, 0) is 23.8 Å². The SMILES string of the molecule is [2H]C([2H])([2H])n1cc(C(=O)Nc2ccccc2-c2cc(F)c(F)c(F)c2)c(C(F)F)n1. The molecule has 0 radical (unpaired) electrons. The zero-order valence-electron chi connectivity index (χ0n) is 16.3. The number of amides is 1. The Hall–Kier alpha value is -3.23. The minimum absolute atomic E-state index is 0.0326. The van der Waals surface area contributed by atoms with Crippen LogP contribution in [0.1, 0.15) is 26.6 Å². The molecule has 3 rings (SSSR count). The van der Waals surface area contributed by atoms with Crippen molar-refractivity contribution >= 4 is 11.6 Å². The van der Waals surface area contributed by atoms with Crippen LogP contribution in [0, 0.1) is 17.5 Å². The molecule has 9 heteroatoms. The van der Waals surface area contributed by atoms with Crippen molar-refractivity contribution in [1.82, 2.24) is 9.78 Å². The molecule has 2 aromatic carbocycles. The van der Waals surface area contributed by atoms with Crippen LogP contribution in [-0.2, 0) is 6.98 Å². The molecule has 27 heavy (non-hydrogen) atoms. The van der Waals surface area contributed by atoms with Gasteiger partial charge in [0.05, 0.1) is 5.56 Å². The predicted octanol–water partition coefficient (Wildman–Crippen LogP) is 4.69. The molecule has 0 spiro atoms. The molecule has 0 aliphatic carbocycles. The van der Waals surface area contributed by atoms with Crippen LogP contribution in [0.3, 0.4) is 0 Å². The van der Waals surface area contributed by atoms with Crippen LogP contribution in [0.2, 0.25) is 0 Å². The van der Waals surface area contributed by atoms with Crippen molar-refractivity contribution in [3.8, 4) is 11.1 Å². The lowest BCUT2D eigenvalue weighted by molar-refractivity contribution is 0.101. The molecule has 0 fully saturated rings. The van der Waals surface area contributed by atoms with Crippen LogP contribution in [-0.4, -0.2) is 15.7 Å². The number of carbonyl (C=O) groups is 1. The highest BCUT2D eigenvalue weighted by Gasteiger charge is 2.23. The lowest BCUT2D eigenvalue weighted by Crippen LogP contribution is -2.14. The zero-order valence-corrected chi connectivity index (χ0v) is 13.3. The molecule has 1 heterocycles. The average molecular weight is 384 g/mol. The smallest absolute Gasteiger partial charge is 0.282 e. The first-order valence-electron chi connectivity index (χ1n) is 8.92. The summed E-state index contributed by atoms with van der Waals surface area (Å²) in [5, 5.41) is 5.55. The van der Waals surface area contributed by atoms with Gasteiger partial charge in [0.1, 0.15) is 5.69 Å². The second-order valence-corrected chi connectivity index (χ2v) is 5.43. The third-order valence-electron chi connectivity index (χ3n) is 3.66. The van der Waals surface area contributed by atoms with E-state index in [0.717, 1.165) is 0 Å². The van der Waals surface area contributed by atoms with Crippen LogP contribution in [0.4, 0.5) is 27.6 Å². The fraction of sp³-hybridized carbons (Fsp3) is 0.111. The molecule has 140 valence electrons. The monoisotopic (exact) mass is 384 g/mol. The standard InChI is InChI=1S/C18H12F5N3O/c1-26-8-11(16(25-26)17(22)23)18(27)24-14-5-3-2-4-10(14)9-6-12(19)15(21)13(20)7-9/h2-8,17H,1H3,(H,24,27)/i1D3. The van der Waals surface area contributed by atoms with E-state index in [0.29, 0.717) is 18.3 Å². The predicted molar refractivity (Wildman–Crippen MR) is 87.9 cm³/mol. The third-order valence-corrected chi connectivity index (χ3v) is 3.66. The summed E-state index contributed by atoms with van der Waals surface area (Å²) in [5.41, 5.74) is -1.80. The van der Waals surface area contributed by atoms with Crippen LogP contribution in [0.15, 0.2) is 42.6 Å². The highest BCUT2D eigenvalue weighted by atomic mass is 19.3. The lowest BCUT2D eigenvalue weighted by atomic mass is 10.0. The van der Waals surface area contributed by atoms with Gasteiger partial charge in [-0.3, -0.25) is 9.48 Å². The number of rotatable bonds is 4. The van der Waals surface area contributed by atoms with Gasteiger partial charge in [0, 0.05) is 28.5 Å². The Bertz CT molecular complexity index is 1090. The highest BCUT2D eigenvalue weighted by molar-refractivity contribution is 6.06. The molecule has 0 saturated heterocycles. The number of aryl methyl sites for hydroxylation is 1. The number of para-hydroxylation sites is 1. The van der Waals surface area contributed by atoms with Crippen molar-refractivity contribution in [2.45, 2.75) is 6.43 Å². The van der Waals surface area contributed by atoms with Gasteiger partial charge in [0.15, 0.2) is 17.5 Å². The number of anilines is 1. The molecule has 3 aromatic rings. The number of aromatic nitrogens is 2. The Kier molecular flexibility index (Phi) is 3.96. The number of alkyl halides is 2. The van der Waals surface area contributed by atoms with E-state index in [1.54, 1.807) is 0 Å². The van der Waals surface area contributed by atoms with Gasteiger partial charge in [0.25, 0.3) is 12.3 Å². The Morgan fingerprint density at radius 3 is 2.48 bits per heavy atom. The van der Waals surface area contributed by atoms with E-state index in [1.807, 2.05) is 0 Å². The zero-order chi connectivity index (χ0) is 22.2. The van der Waals surface area contributed by atoms with Crippen molar-refractivity contribution in [2.75, 3.05) is 5.32 Å². The number of nitrogens with zero attached hydrogens (tertiary/aromatic N) is 2. The molecule has 0 bridgehead atoms. The highest BCUT2D eigenvalue weighted by Crippen LogP contribution is 2.31. The van der Waals surface area contributed by atoms with Gasteiger partial charge in [-0.15, -0.1) is 0 Å². The van der Waals surface area contributed by atoms with Crippen molar-refractivity contribution in [2.24, 2.45) is 6.98 Å². The van der Waals surface area contributed by atoms with Gasteiger partial charge in [0.2, 0.25) is 0 Å². The summed E-state index contributed by atoms with van der Waals surface area (Å²) in [6, 6.07) is 7.03. The molecule has 1 amide bonds. The minimum atomic E-state index is -3.23. The summed E-state index contributed by atoms with van der Waals surface area (Å²) in [6.45, 7) is -2.89. The Labute approximate surface area is 154 Å². The summed E-state index contributed by atoms with van der Waals surface area (Å²) in [6.07, 6.45) is -2.58. The second-order valence-electron chi connectivity index (χ2n) is 5.43. The molecule has 0 atom stereocenters. The van der Waals surface area contributed by atoms with Gasteiger partial charge >= 0.3 is 0 Å². The fourth-order valence-electron chi connectivity index (χ4n) is 2.47. The summed E-state index contributed by atoms with van der Waals surface area (Å²) in [5.74, 6) is -5.69. The molecule has 1 aromatic heterocycles. The van der Waals surface area contributed by atoms with Crippen molar-refractivity contribution in [1.29, 1.82) is 0 Å². The summed E-state index contributed by atoms with van der Waals surface area (Å²) >= 11 is 0. The number of nitrogens with one attached hydrogen (secondary N) is 1. The summed E-state index contributed by atoms with van der Waals surface area (Å²) < 4.78 is 88.9.